The maximum absolute atomic E-state index is 11.9. The van der Waals surface area contributed by atoms with Crippen molar-refractivity contribution in [3.05, 3.63) is 29.4 Å². The van der Waals surface area contributed by atoms with Gasteiger partial charge in [0.15, 0.2) is 6.61 Å². The molecule has 0 saturated heterocycles. The van der Waals surface area contributed by atoms with Gasteiger partial charge >= 0.3 is 6.18 Å². The van der Waals surface area contributed by atoms with Gasteiger partial charge < -0.3 is 4.74 Å². The summed E-state index contributed by atoms with van der Waals surface area (Å²) in [7, 11) is 0. The first kappa shape index (κ1) is 11.9. The number of nitrogens with zero attached hydrogens (tertiary/aromatic N) is 2. The van der Waals surface area contributed by atoms with Gasteiger partial charge in [0.25, 0.3) is 0 Å². The summed E-state index contributed by atoms with van der Waals surface area (Å²) >= 11 is 5.84. The number of hydrogen-bond acceptors (Lipinski definition) is 3. The summed E-state index contributed by atoms with van der Waals surface area (Å²) in [6, 6.07) is 4.32. The number of fused-ring (bicyclic) bond motifs is 1. The molecule has 17 heavy (non-hydrogen) atoms. The van der Waals surface area contributed by atoms with E-state index in [0.717, 1.165) is 0 Å². The highest BCUT2D eigenvalue weighted by atomic mass is 35.5. The SMILES string of the molecule is FC(F)(F)COc1ccc2nccc(Cl)c2n1. The fraction of sp³-hybridized carbons (Fsp3) is 0.200. The first-order valence-corrected chi connectivity index (χ1v) is 4.94. The number of halogens is 4. The quantitative estimate of drug-likeness (QED) is 0.833. The van der Waals surface area contributed by atoms with Crippen molar-refractivity contribution in [2.75, 3.05) is 6.61 Å². The smallest absolute Gasteiger partial charge is 0.422 e. The lowest BCUT2D eigenvalue weighted by atomic mass is 10.3. The highest BCUT2D eigenvalue weighted by Gasteiger charge is 2.28. The Morgan fingerprint density at radius 1 is 1.24 bits per heavy atom. The maximum atomic E-state index is 11.9. The lowest BCUT2D eigenvalue weighted by Crippen LogP contribution is -2.19. The van der Waals surface area contributed by atoms with Crippen molar-refractivity contribution in [1.82, 2.24) is 9.97 Å². The van der Waals surface area contributed by atoms with Crippen LogP contribution in [0.1, 0.15) is 0 Å². The molecule has 0 amide bonds. The Hall–Kier alpha value is -1.56. The molecule has 2 rings (SSSR count). The Morgan fingerprint density at radius 2 is 2.00 bits per heavy atom. The molecule has 0 atom stereocenters. The largest absolute Gasteiger partial charge is 0.468 e. The summed E-state index contributed by atoms with van der Waals surface area (Å²) in [6.07, 6.45) is -2.90. The summed E-state index contributed by atoms with van der Waals surface area (Å²) in [5.74, 6) is -0.135. The van der Waals surface area contributed by atoms with Crippen LogP contribution in [-0.4, -0.2) is 22.8 Å². The molecule has 0 N–H and O–H groups in total. The molecule has 0 fully saturated rings. The standard InChI is InChI=1S/C10H6ClF3N2O/c11-6-3-4-15-7-1-2-8(16-9(6)7)17-5-10(12,13)14/h1-4H,5H2. The predicted molar refractivity (Wildman–Crippen MR) is 56.1 cm³/mol. The van der Waals surface area contributed by atoms with E-state index < -0.39 is 12.8 Å². The van der Waals surface area contributed by atoms with Gasteiger partial charge in [0, 0.05) is 12.3 Å². The first-order valence-electron chi connectivity index (χ1n) is 4.56. The third-order valence-corrected chi connectivity index (χ3v) is 2.20. The van der Waals surface area contributed by atoms with Crippen LogP contribution >= 0.6 is 11.6 Å². The summed E-state index contributed by atoms with van der Waals surface area (Å²) in [5.41, 5.74) is 0.811. The summed E-state index contributed by atoms with van der Waals surface area (Å²) < 4.78 is 40.3. The van der Waals surface area contributed by atoms with E-state index in [0.29, 0.717) is 16.1 Å². The molecule has 0 spiro atoms. The van der Waals surface area contributed by atoms with Crippen LogP contribution in [0.5, 0.6) is 5.88 Å². The van der Waals surface area contributed by atoms with Crippen molar-refractivity contribution in [3.63, 3.8) is 0 Å². The normalized spacial score (nSPS) is 11.8. The third kappa shape index (κ3) is 2.97. The highest BCUT2D eigenvalue weighted by molar-refractivity contribution is 6.34. The molecule has 2 aromatic rings. The van der Waals surface area contributed by atoms with Gasteiger partial charge in [-0.2, -0.15) is 13.2 Å². The van der Waals surface area contributed by atoms with E-state index in [9.17, 15) is 13.2 Å². The second kappa shape index (κ2) is 4.37. The number of ether oxygens (including phenoxy) is 1. The van der Waals surface area contributed by atoms with E-state index in [1.165, 1.54) is 24.4 Å². The number of hydrogen-bond donors (Lipinski definition) is 0. The van der Waals surface area contributed by atoms with Crippen molar-refractivity contribution in [3.8, 4) is 5.88 Å². The maximum Gasteiger partial charge on any atom is 0.422 e. The molecule has 0 aliphatic rings. The van der Waals surface area contributed by atoms with E-state index in [1.54, 1.807) is 0 Å². The van der Waals surface area contributed by atoms with Crippen LogP contribution in [0.2, 0.25) is 5.02 Å². The number of aromatic nitrogens is 2. The van der Waals surface area contributed by atoms with Crippen LogP contribution in [0.25, 0.3) is 11.0 Å². The molecular formula is C10H6ClF3N2O. The minimum absolute atomic E-state index is 0.135. The molecule has 7 heteroatoms. The molecular weight excluding hydrogens is 257 g/mol. The van der Waals surface area contributed by atoms with Gasteiger partial charge in [0.2, 0.25) is 5.88 Å². The van der Waals surface area contributed by atoms with Crippen LogP contribution in [0.4, 0.5) is 13.2 Å². The molecule has 0 radical (unpaired) electrons. The van der Waals surface area contributed by atoms with E-state index in [4.69, 9.17) is 11.6 Å². The predicted octanol–water partition coefficient (Wildman–Crippen LogP) is 3.22. The molecule has 0 aliphatic carbocycles. The number of rotatable bonds is 2. The minimum atomic E-state index is -4.39. The first-order chi connectivity index (χ1) is 7.96. The molecule has 2 aromatic heterocycles. The van der Waals surface area contributed by atoms with Crippen LogP contribution < -0.4 is 4.74 Å². The number of pyridine rings is 2. The van der Waals surface area contributed by atoms with E-state index in [1.807, 2.05) is 0 Å². The van der Waals surface area contributed by atoms with Crippen LogP contribution in [0.15, 0.2) is 24.4 Å². The average molecular weight is 263 g/mol. The summed E-state index contributed by atoms with van der Waals surface area (Å²) in [6.45, 7) is -1.39. The van der Waals surface area contributed by atoms with E-state index in [2.05, 4.69) is 14.7 Å². The van der Waals surface area contributed by atoms with Crippen LogP contribution in [0.3, 0.4) is 0 Å². The van der Waals surface area contributed by atoms with Gasteiger partial charge in [0.05, 0.1) is 10.5 Å². The molecule has 0 aliphatic heterocycles. The topological polar surface area (TPSA) is 35.0 Å². The van der Waals surface area contributed by atoms with Gasteiger partial charge in [-0.15, -0.1) is 0 Å². The van der Waals surface area contributed by atoms with Crippen molar-refractivity contribution < 1.29 is 17.9 Å². The zero-order chi connectivity index (χ0) is 12.5. The molecule has 3 nitrogen and oxygen atoms in total. The lowest BCUT2D eigenvalue weighted by Gasteiger charge is -2.08. The van der Waals surface area contributed by atoms with Crippen LogP contribution in [-0.2, 0) is 0 Å². The van der Waals surface area contributed by atoms with Crippen LogP contribution in [0, 0.1) is 0 Å². The molecule has 90 valence electrons. The average Bonchev–Trinajstić information content (AvgIpc) is 2.26. The Kier molecular flexibility index (Phi) is 3.06. The fourth-order valence-corrected chi connectivity index (χ4v) is 1.41. The third-order valence-electron chi connectivity index (χ3n) is 1.89. The Morgan fingerprint density at radius 3 is 2.71 bits per heavy atom. The monoisotopic (exact) mass is 262 g/mol. The number of alkyl halides is 3. The minimum Gasteiger partial charge on any atom is -0.468 e. The van der Waals surface area contributed by atoms with Gasteiger partial charge in [-0.25, -0.2) is 4.98 Å². The Balaban J connectivity index is 2.28. The van der Waals surface area contributed by atoms with Gasteiger partial charge in [-0.1, -0.05) is 11.6 Å². The van der Waals surface area contributed by atoms with Crippen molar-refractivity contribution in [2.24, 2.45) is 0 Å². The van der Waals surface area contributed by atoms with Gasteiger partial charge in [-0.3, -0.25) is 4.98 Å². The Labute approximate surface area is 99.2 Å². The molecule has 0 unspecified atom stereocenters. The fourth-order valence-electron chi connectivity index (χ4n) is 1.21. The second-order valence-corrected chi connectivity index (χ2v) is 3.62. The summed E-state index contributed by atoms with van der Waals surface area (Å²) in [4.78, 5) is 7.83. The summed E-state index contributed by atoms with van der Waals surface area (Å²) in [5, 5.41) is 0.312. The van der Waals surface area contributed by atoms with Crippen molar-refractivity contribution in [2.45, 2.75) is 6.18 Å². The van der Waals surface area contributed by atoms with E-state index in [-0.39, 0.29) is 5.88 Å². The molecule has 0 aromatic carbocycles. The molecule has 0 bridgehead atoms. The molecule has 2 heterocycles. The van der Waals surface area contributed by atoms with E-state index >= 15 is 0 Å². The van der Waals surface area contributed by atoms with Crippen molar-refractivity contribution >= 4 is 22.6 Å². The molecule has 0 saturated carbocycles. The van der Waals surface area contributed by atoms with Crippen molar-refractivity contribution in [1.29, 1.82) is 0 Å². The Bertz CT molecular complexity index is 545. The zero-order valence-electron chi connectivity index (χ0n) is 8.33. The highest BCUT2D eigenvalue weighted by Crippen LogP contribution is 2.23. The van der Waals surface area contributed by atoms with Gasteiger partial charge in [-0.05, 0) is 12.1 Å². The lowest BCUT2D eigenvalue weighted by molar-refractivity contribution is -0.154. The van der Waals surface area contributed by atoms with Gasteiger partial charge in [0.1, 0.15) is 5.52 Å². The second-order valence-electron chi connectivity index (χ2n) is 3.21. The zero-order valence-corrected chi connectivity index (χ0v) is 9.09.